The first kappa shape index (κ1) is 26.8. The summed E-state index contributed by atoms with van der Waals surface area (Å²) in [4.78, 5) is 9.53. The Bertz CT molecular complexity index is 1560. The van der Waals surface area contributed by atoms with Gasteiger partial charge in [0.15, 0.2) is 0 Å². The molecule has 2 aromatic heterocycles. The van der Waals surface area contributed by atoms with E-state index in [-0.39, 0.29) is 37.6 Å². The molecule has 0 unspecified atom stereocenters. The van der Waals surface area contributed by atoms with Gasteiger partial charge in [-0.3, -0.25) is 4.98 Å². The van der Waals surface area contributed by atoms with Gasteiger partial charge in [0.05, 0.1) is 11.1 Å². The van der Waals surface area contributed by atoms with Crippen LogP contribution in [0.15, 0.2) is 77.3 Å². The smallest absolute Gasteiger partial charge is 0.230 e. The third-order valence-electron chi connectivity index (χ3n) is 6.44. The van der Waals surface area contributed by atoms with Crippen LogP contribution in [0.4, 0.5) is 0 Å². The molecule has 5 heteroatoms. The average Bonchev–Trinajstić information content (AvgIpc) is 3.27. The van der Waals surface area contributed by atoms with Crippen molar-refractivity contribution in [1.29, 1.82) is 0 Å². The summed E-state index contributed by atoms with van der Waals surface area (Å²) in [6, 6.07) is 25.1. The summed E-state index contributed by atoms with van der Waals surface area (Å²) < 4.78 is 6.12. The molecule has 0 bridgehead atoms. The van der Waals surface area contributed by atoms with Crippen LogP contribution in [-0.4, -0.2) is 15.1 Å². The maximum atomic E-state index is 10.4. The zero-order valence-electron chi connectivity index (χ0n) is 22.0. The van der Waals surface area contributed by atoms with Crippen molar-refractivity contribution in [3.63, 3.8) is 0 Å². The molecule has 1 N–H and O–H groups in total. The number of nitrogens with zero attached hydrogens (tertiary/aromatic N) is 2. The van der Waals surface area contributed by atoms with Gasteiger partial charge in [-0.2, -0.15) is 0 Å². The normalized spacial score (nSPS) is 11.9. The molecule has 0 saturated carbocycles. The number of benzene rings is 3. The van der Waals surface area contributed by atoms with Crippen LogP contribution >= 0.6 is 0 Å². The summed E-state index contributed by atoms with van der Waals surface area (Å²) in [5, 5.41) is 10.4. The molecule has 0 saturated heterocycles. The minimum atomic E-state index is -0.138. The van der Waals surface area contributed by atoms with Crippen molar-refractivity contribution >= 4 is 11.1 Å². The largest absolute Gasteiger partial charge is 0.507 e. The van der Waals surface area contributed by atoms with Crippen LogP contribution in [0.1, 0.15) is 52.7 Å². The van der Waals surface area contributed by atoms with E-state index in [9.17, 15) is 5.11 Å². The van der Waals surface area contributed by atoms with Crippen LogP contribution in [0, 0.1) is 6.07 Å². The van der Waals surface area contributed by atoms with Crippen LogP contribution in [0.25, 0.3) is 44.9 Å². The van der Waals surface area contributed by atoms with E-state index in [4.69, 9.17) is 9.40 Å². The summed E-state index contributed by atoms with van der Waals surface area (Å²) in [6.07, 6.45) is 1.82. The van der Waals surface area contributed by atoms with Gasteiger partial charge < -0.3 is 9.52 Å². The van der Waals surface area contributed by atoms with E-state index in [0.717, 1.165) is 27.9 Å². The Morgan fingerprint density at radius 1 is 0.757 bits per heavy atom. The quantitative estimate of drug-likeness (QED) is 0.196. The molecule has 5 rings (SSSR count). The van der Waals surface area contributed by atoms with E-state index in [2.05, 4.69) is 64.7 Å². The SMILES string of the molecule is CC(C)(C)c1cc(C(C)(C)C)c(-c2cccc3oc(-c4ccccc4O)nc23)[c-]c1-c1ccccn1.[Pt]. The number of hydrogen-bond donors (Lipinski definition) is 1. The van der Waals surface area contributed by atoms with E-state index < -0.39 is 0 Å². The first-order valence-corrected chi connectivity index (χ1v) is 12.2. The number of aromatic hydroxyl groups is 1. The van der Waals surface area contributed by atoms with Gasteiger partial charge in [-0.15, -0.1) is 28.8 Å². The summed E-state index contributed by atoms with van der Waals surface area (Å²) in [7, 11) is 0. The third-order valence-corrected chi connectivity index (χ3v) is 6.44. The summed E-state index contributed by atoms with van der Waals surface area (Å²) in [5.41, 5.74) is 7.95. The number of oxazole rings is 1. The molecule has 0 spiro atoms. The van der Waals surface area contributed by atoms with Gasteiger partial charge in [0.25, 0.3) is 0 Å². The van der Waals surface area contributed by atoms with Gasteiger partial charge in [-0.25, -0.2) is 4.98 Å². The Balaban J connectivity index is 0.00000320. The van der Waals surface area contributed by atoms with E-state index in [0.29, 0.717) is 17.0 Å². The number of pyridine rings is 1. The number of rotatable bonds is 3. The minimum Gasteiger partial charge on any atom is -0.507 e. The Morgan fingerprint density at radius 3 is 2.05 bits per heavy atom. The molecule has 0 aliphatic carbocycles. The van der Waals surface area contributed by atoms with Crippen LogP contribution in [-0.2, 0) is 31.9 Å². The Hall–Kier alpha value is -3.23. The second kappa shape index (κ2) is 9.91. The fourth-order valence-electron chi connectivity index (χ4n) is 4.58. The maximum Gasteiger partial charge on any atom is 0.230 e. The van der Waals surface area contributed by atoms with Crippen molar-refractivity contribution in [2.45, 2.75) is 52.4 Å². The van der Waals surface area contributed by atoms with Crippen molar-refractivity contribution in [2.75, 3.05) is 0 Å². The van der Waals surface area contributed by atoms with Crippen LogP contribution in [0.5, 0.6) is 5.75 Å². The molecular formula is C32H31N2O2Pt-. The minimum absolute atomic E-state index is 0. The first-order chi connectivity index (χ1) is 17.0. The topological polar surface area (TPSA) is 59.2 Å². The van der Waals surface area contributed by atoms with Crippen molar-refractivity contribution in [1.82, 2.24) is 9.97 Å². The summed E-state index contributed by atoms with van der Waals surface area (Å²) in [6.45, 7) is 13.4. The first-order valence-electron chi connectivity index (χ1n) is 12.2. The molecule has 4 nitrogen and oxygen atoms in total. The average molecular weight is 671 g/mol. The zero-order valence-corrected chi connectivity index (χ0v) is 24.3. The molecule has 2 heterocycles. The fraction of sp³-hybridized carbons (Fsp3) is 0.250. The van der Waals surface area contributed by atoms with Crippen LogP contribution in [0.2, 0.25) is 0 Å². The molecule has 0 aliphatic rings. The standard InChI is InChI=1S/C32H31N2O2.Pt/c1-31(2,3)24-19-25(32(4,5)6)23(26-14-9-10-17-33-26)18-22(24)20-13-11-16-28-29(20)34-30(36-28)21-12-7-8-15-27(21)35;/h7-17,19,35H,1-6H3;/q-1;. The fourth-order valence-corrected chi connectivity index (χ4v) is 4.58. The van der Waals surface area contributed by atoms with E-state index in [1.54, 1.807) is 12.1 Å². The summed E-state index contributed by atoms with van der Waals surface area (Å²) >= 11 is 0. The Kier molecular flexibility index (Phi) is 7.18. The maximum absolute atomic E-state index is 10.4. The predicted molar refractivity (Wildman–Crippen MR) is 146 cm³/mol. The number of aromatic nitrogens is 2. The number of fused-ring (bicyclic) bond motifs is 1. The van der Waals surface area contributed by atoms with Crippen molar-refractivity contribution in [3.8, 4) is 39.6 Å². The van der Waals surface area contributed by atoms with Gasteiger partial charge in [-0.1, -0.05) is 89.1 Å². The van der Waals surface area contributed by atoms with Crippen molar-refractivity contribution < 1.29 is 30.6 Å². The van der Waals surface area contributed by atoms with Gasteiger partial charge >= 0.3 is 0 Å². The van der Waals surface area contributed by atoms with E-state index in [1.807, 2.05) is 48.7 Å². The molecule has 0 radical (unpaired) electrons. The molecule has 0 atom stereocenters. The Morgan fingerprint density at radius 2 is 1.41 bits per heavy atom. The second-order valence-corrected chi connectivity index (χ2v) is 11.3. The monoisotopic (exact) mass is 670 g/mol. The number of para-hydroxylation sites is 2. The van der Waals surface area contributed by atoms with Crippen molar-refractivity contribution in [2.24, 2.45) is 0 Å². The Labute approximate surface area is 233 Å². The number of phenolic OH excluding ortho intramolecular Hbond substituents is 1. The number of phenols is 1. The molecule has 192 valence electrons. The molecule has 0 fully saturated rings. The molecular weight excluding hydrogens is 639 g/mol. The van der Waals surface area contributed by atoms with Crippen LogP contribution < -0.4 is 0 Å². The zero-order chi connectivity index (χ0) is 25.7. The van der Waals surface area contributed by atoms with Crippen LogP contribution in [0.3, 0.4) is 0 Å². The van der Waals surface area contributed by atoms with Gasteiger partial charge in [-0.05, 0) is 35.1 Å². The second-order valence-electron chi connectivity index (χ2n) is 11.3. The van der Waals surface area contributed by atoms with Gasteiger partial charge in [0, 0.05) is 33.0 Å². The third kappa shape index (κ3) is 5.13. The van der Waals surface area contributed by atoms with E-state index >= 15 is 0 Å². The molecule has 0 aliphatic heterocycles. The number of hydrogen-bond acceptors (Lipinski definition) is 4. The molecule has 37 heavy (non-hydrogen) atoms. The molecule has 5 aromatic rings. The molecule has 0 amide bonds. The van der Waals surface area contributed by atoms with Gasteiger partial charge in [0.2, 0.25) is 5.89 Å². The molecule has 3 aromatic carbocycles. The van der Waals surface area contributed by atoms with Gasteiger partial charge in [0.1, 0.15) is 11.3 Å². The van der Waals surface area contributed by atoms with E-state index in [1.165, 1.54) is 11.1 Å². The summed E-state index contributed by atoms with van der Waals surface area (Å²) in [5.74, 6) is 0.531. The van der Waals surface area contributed by atoms with Crippen molar-refractivity contribution in [3.05, 3.63) is 90.1 Å². The predicted octanol–water partition coefficient (Wildman–Crippen LogP) is 8.32.